The molecule has 0 N–H and O–H groups in total. The zero-order valence-corrected chi connectivity index (χ0v) is 12.1. The molecule has 0 radical (unpaired) electrons. The van der Waals surface area contributed by atoms with Crippen molar-refractivity contribution in [3.63, 3.8) is 0 Å². The van der Waals surface area contributed by atoms with Crippen LogP contribution in [0.4, 0.5) is 0 Å². The molecule has 0 saturated heterocycles. The number of carbonyl (C=O) groups excluding carboxylic acids is 1. The van der Waals surface area contributed by atoms with E-state index in [4.69, 9.17) is 9.47 Å². The third kappa shape index (κ3) is 10.3. The van der Waals surface area contributed by atoms with Gasteiger partial charge in [-0.2, -0.15) is 0 Å². The van der Waals surface area contributed by atoms with Gasteiger partial charge in [-0.15, -0.1) is 0 Å². The van der Waals surface area contributed by atoms with Crippen LogP contribution in [0.15, 0.2) is 12.2 Å². The molecule has 0 unspecified atom stereocenters. The number of esters is 1. The van der Waals surface area contributed by atoms with Gasteiger partial charge in [-0.05, 0) is 28.1 Å². The van der Waals surface area contributed by atoms with Crippen LogP contribution in [0, 0.1) is 0 Å². The van der Waals surface area contributed by atoms with Crippen LogP contribution >= 0.6 is 0 Å². The van der Waals surface area contributed by atoms with Gasteiger partial charge in [-0.1, -0.05) is 6.58 Å². The minimum atomic E-state index is -0.328. The van der Waals surface area contributed by atoms with Crippen LogP contribution in [0.5, 0.6) is 0 Å². The maximum Gasteiger partial charge on any atom is 0.333 e. The monoisotopic (exact) mass is 258 g/mol. The lowest BCUT2D eigenvalue weighted by Crippen LogP contribution is -2.28. The van der Waals surface area contributed by atoms with Crippen LogP contribution in [-0.2, 0) is 14.3 Å². The van der Waals surface area contributed by atoms with E-state index in [1.807, 2.05) is 21.1 Å². The fourth-order valence-corrected chi connectivity index (χ4v) is 1.10. The summed E-state index contributed by atoms with van der Waals surface area (Å²) in [7, 11) is 6.01. The van der Waals surface area contributed by atoms with Gasteiger partial charge in [0.2, 0.25) is 0 Å². The Balaban J connectivity index is 3.40. The molecule has 0 aliphatic carbocycles. The Morgan fingerprint density at radius 2 is 1.61 bits per heavy atom. The molecule has 0 bridgehead atoms. The van der Waals surface area contributed by atoms with Gasteiger partial charge < -0.3 is 19.3 Å². The van der Waals surface area contributed by atoms with E-state index in [1.165, 1.54) is 0 Å². The third-order valence-corrected chi connectivity index (χ3v) is 2.35. The quantitative estimate of drug-likeness (QED) is 0.326. The molecule has 0 aromatic carbocycles. The summed E-state index contributed by atoms with van der Waals surface area (Å²) >= 11 is 0. The van der Waals surface area contributed by atoms with Crippen LogP contribution in [-0.4, -0.2) is 76.4 Å². The van der Waals surface area contributed by atoms with Crippen molar-refractivity contribution in [3.8, 4) is 0 Å². The highest BCUT2D eigenvalue weighted by Crippen LogP contribution is 1.92. The SMILES string of the molecule is C=C(C)C(=O)OCCN(C)CCOCCN(C)C. The molecule has 0 aliphatic rings. The molecular weight excluding hydrogens is 232 g/mol. The van der Waals surface area contributed by atoms with Crippen molar-refractivity contribution in [1.29, 1.82) is 0 Å². The molecule has 0 spiro atoms. The predicted octanol–water partition coefficient (Wildman–Crippen LogP) is 0.616. The summed E-state index contributed by atoms with van der Waals surface area (Å²) in [5.41, 5.74) is 0.435. The molecule has 0 aliphatic heterocycles. The predicted molar refractivity (Wildman–Crippen MR) is 72.6 cm³/mol. The molecule has 0 rings (SSSR count). The molecule has 0 heterocycles. The van der Waals surface area contributed by atoms with Gasteiger partial charge in [-0.3, -0.25) is 0 Å². The fourth-order valence-electron chi connectivity index (χ4n) is 1.10. The van der Waals surface area contributed by atoms with Crippen molar-refractivity contribution < 1.29 is 14.3 Å². The fraction of sp³-hybridized carbons (Fsp3) is 0.769. The molecule has 0 atom stereocenters. The smallest absolute Gasteiger partial charge is 0.333 e. The van der Waals surface area contributed by atoms with Gasteiger partial charge >= 0.3 is 5.97 Å². The van der Waals surface area contributed by atoms with Crippen molar-refractivity contribution in [3.05, 3.63) is 12.2 Å². The summed E-state index contributed by atoms with van der Waals surface area (Å²) in [6.45, 7) is 9.46. The van der Waals surface area contributed by atoms with Crippen LogP contribution < -0.4 is 0 Å². The number of hydrogen-bond acceptors (Lipinski definition) is 5. The molecule has 0 aromatic rings. The average Bonchev–Trinajstić information content (AvgIpc) is 2.27. The molecule has 106 valence electrons. The van der Waals surface area contributed by atoms with Crippen LogP contribution in [0.2, 0.25) is 0 Å². The number of ether oxygens (including phenoxy) is 2. The molecule has 5 nitrogen and oxygen atoms in total. The van der Waals surface area contributed by atoms with Crippen molar-refractivity contribution >= 4 is 5.97 Å². The second-order valence-electron chi connectivity index (χ2n) is 4.64. The number of hydrogen-bond donors (Lipinski definition) is 0. The summed E-state index contributed by atoms with van der Waals surface area (Å²) in [4.78, 5) is 15.3. The van der Waals surface area contributed by atoms with Crippen molar-refractivity contribution in [2.24, 2.45) is 0 Å². The second-order valence-corrected chi connectivity index (χ2v) is 4.64. The van der Waals surface area contributed by atoms with Gasteiger partial charge in [-0.25, -0.2) is 4.79 Å². The first-order valence-corrected chi connectivity index (χ1v) is 6.17. The number of nitrogens with zero attached hydrogens (tertiary/aromatic N) is 2. The van der Waals surface area contributed by atoms with E-state index < -0.39 is 0 Å². The van der Waals surface area contributed by atoms with E-state index in [-0.39, 0.29) is 5.97 Å². The Kier molecular flexibility index (Phi) is 9.55. The van der Waals surface area contributed by atoms with Crippen molar-refractivity contribution in [2.75, 3.05) is 60.6 Å². The summed E-state index contributed by atoms with van der Waals surface area (Å²) in [6, 6.07) is 0. The van der Waals surface area contributed by atoms with Gasteiger partial charge in [0, 0.05) is 25.2 Å². The maximum absolute atomic E-state index is 11.1. The Morgan fingerprint density at radius 3 is 2.17 bits per heavy atom. The minimum absolute atomic E-state index is 0.328. The van der Waals surface area contributed by atoms with E-state index >= 15 is 0 Å². The normalized spacial score (nSPS) is 11.0. The lowest BCUT2D eigenvalue weighted by molar-refractivity contribution is -0.139. The lowest BCUT2D eigenvalue weighted by atomic mass is 10.4. The maximum atomic E-state index is 11.1. The Labute approximate surface area is 110 Å². The lowest BCUT2D eigenvalue weighted by Gasteiger charge is -2.17. The molecule has 0 amide bonds. The zero-order chi connectivity index (χ0) is 14.0. The summed E-state index contributed by atoms with van der Waals surface area (Å²) < 4.78 is 10.5. The largest absolute Gasteiger partial charge is 0.461 e. The van der Waals surface area contributed by atoms with E-state index in [9.17, 15) is 4.79 Å². The van der Waals surface area contributed by atoms with E-state index in [2.05, 4.69) is 16.4 Å². The first-order valence-electron chi connectivity index (χ1n) is 6.17. The molecule has 5 heteroatoms. The van der Waals surface area contributed by atoms with E-state index in [0.717, 1.165) is 19.7 Å². The Hall–Kier alpha value is -0.910. The highest BCUT2D eigenvalue weighted by molar-refractivity contribution is 5.86. The van der Waals surface area contributed by atoms with Crippen molar-refractivity contribution in [1.82, 2.24) is 9.80 Å². The third-order valence-electron chi connectivity index (χ3n) is 2.35. The zero-order valence-electron chi connectivity index (χ0n) is 12.1. The summed E-state index contributed by atoms with van der Waals surface area (Å²) in [5, 5.41) is 0. The minimum Gasteiger partial charge on any atom is -0.461 e. The van der Waals surface area contributed by atoms with Crippen LogP contribution in [0.1, 0.15) is 6.92 Å². The highest BCUT2D eigenvalue weighted by Gasteiger charge is 2.04. The molecule has 18 heavy (non-hydrogen) atoms. The molecule has 0 aromatic heterocycles. The molecular formula is C13H26N2O3. The Bertz CT molecular complexity index is 255. The number of likely N-dealkylation sites (N-methyl/N-ethyl adjacent to an activating group) is 2. The van der Waals surface area contributed by atoms with Gasteiger partial charge in [0.25, 0.3) is 0 Å². The van der Waals surface area contributed by atoms with Gasteiger partial charge in [0.15, 0.2) is 0 Å². The van der Waals surface area contributed by atoms with Gasteiger partial charge in [0.05, 0.1) is 13.2 Å². The summed E-state index contributed by atoms with van der Waals surface area (Å²) in [6.07, 6.45) is 0. The topological polar surface area (TPSA) is 42.0 Å². The van der Waals surface area contributed by atoms with E-state index in [0.29, 0.717) is 25.3 Å². The molecule has 0 fully saturated rings. The molecule has 0 saturated carbocycles. The number of carbonyl (C=O) groups is 1. The first-order chi connectivity index (χ1) is 8.43. The standard InChI is InChI=1S/C13H26N2O3/c1-12(2)13(16)18-11-8-15(5)7-10-17-9-6-14(3)4/h1,6-11H2,2-5H3. The second kappa shape index (κ2) is 10.1. The Morgan fingerprint density at radius 1 is 1.06 bits per heavy atom. The van der Waals surface area contributed by atoms with Crippen LogP contribution in [0.25, 0.3) is 0 Å². The highest BCUT2D eigenvalue weighted by atomic mass is 16.5. The number of rotatable bonds is 10. The van der Waals surface area contributed by atoms with Gasteiger partial charge in [0.1, 0.15) is 6.61 Å². The average molecular weight is 258 g/mol. The van der Waals surface area contributed by atoms with E-state index in [1.54, 1.807) is 6.92 Å². The first kappa shape index (κ1) is 17.1. The van der Waals surface area contributed by atoms with Crippen LogP contribution in [0.3, 0.4) is 0 Å². The summed E-state index contributed by atoms with van der Waals surface area (Å²) in [5.74, 6) is -0.328. The van der Waals surface area contributed by atoms with Crippen molar-refractivity contribution in [2.45, 2.75) is 6.92 Å².